The number of rotatable bonds is 6. The van der Waals surface area contributed by atoms with E-state index < -0.39 is 8.32 Å². The molecule has 0 spiro atoms. The zero-order valence-corrected chi connectivity index (χ0v) is 12.7. The van der Waals surface area contributed by atoms with Gasteiger partial charge in [-0.3, -0.25) is 0 Å². The van der Waals surface area contributed by atoms with E-state index in [4.69, 9.17) is 4.43 Å². The summed E-state index contributed by atoms with van der Waals surface area (Å²) in [5, 5.41) is 9.66. The van der Waals surface area contributed by atoms with Gasteiger partial charge in [-0.15, -0.1) is 6.58 Å². The molecule has 2 nitrogen and oxygen atoms in total. The topological polar surface area (TPSA) is 29.5 Å². The minimum atomic E-state index is -1.73. The molecule has 0 aliphatic carbocycles. The van der Waals surface area contributed by atoms with Crippen LogP contribution in [0.15, 0.2) is 12.7 Å². The first-order valence-electron chi connectivity index (χ1n) is 6.07. The molecule has 0 heterocycles. The van der Waals surface area contributed by atoms with E-state index in [2.05, 4.69) is 40.4 Å². The third-order valence-corrected chi connectivity index (χ3v) is 7.84. The maximum atomic E-state index is 9.45. The van der Waals surface area contributed by atoms with Gasteiger partial charge in [0, 0.05) is 0 Å². The lowest BCUT2D eigenvalue weighted by Crippen LogP contribution is -2.44. The molecule has 1 N–H and O–H groups in total. The highest BCUT2D eigenvalue weighted by Gasteiger charge is 2.38. The summed E-state index contributed by atoms with van der Waals surface area (Å²) < 4.78 is 6.26. The minimum Gasteiger partial charge on any atom is -0.414 e. The Balaban J connectivity index is 4.55. The predicted octanol–water partition coefficient (Wildman–Crippen LogP) is 3.72. The molecule has 0 aliphatic heterocycles. The Hall–Kier alpha value is -0.123. The molecule has 0 unspecified atom stereocenters. The summed E-state index contributed by atoms with van der Waals surface area (Å²) in [4.78, 5) is 0. The lowest BCUT2D eigenvalue weighted by molar-refractivity contribution is 0.0982. The monoisotopic (exact) mass is 244 g/mol. The van der Waals surface area contributed by atoms with Gasteiger partial charge < -0.3 is 9.53 Å². The van der Waals surface area contributed by atoms with Gasteiger partial charge in [0.1, 0.15) is 0 Å². The Morgan fingerprint density at radius 1 is 1.38 bits per heavy atom. The Kier molecular flexibility index (Phi) is 5.94. The molecule has 0 rings (SSSR count). The summed E-state index contributed by atoms with van der Waals surface area (Å²) in [6, 6.07) is 0. The molecule has 0 aliphatic rings. The molecule has 16 heavy (non-hydrogen) atoms. The van der Waals surface area contributed by atoms with Crippen LogP contribution in [0.25, 0.3) is 0 Å². The van der Waals surface area contributed by atoms with Gasteiger partial charge in [-0.2, -0.15) is 0 Å². The molecule has 0 aromatic heterocycles. The van der Waals surface area contributed by atoms with Crippen molar-refractivity contribution < 1.29 is 9.53 Å². The molecule has 3 heteroatoms. The van der Waals surface area contributed by atoms with Crippen molar-refractivity contribution in [2.75, 3.05) is 0 Å². The molecular formula is C13H28O2Si. The highest BCUT2D eigenvalue weighted by atomic mass is 28.4. The second-order valence-electron chi connectivity index (χ2n) is 6.11. The lowest BCUT2D eigenvalue weighted by atomic mass is 10.1. The smallest absolute Gasteiger partial charge is 0.192 e. The maximum Gasteiger partial charge on any atom is 0.192 e. The summed E-state index contributed by atoms with van der Waals surface area (Å²) in [5.41, 5.74) is 0. The van der Waals surface area contributed by atoms with Crippen LogP contribution in [0, 0.1) is 0 Å². The first-order valence-corrected chi connectivity index (χ1v) is 8.97. The van der Waals surface area contributed by atoms with Gasteiger partial charge in [0.05, 0.1) is 12.2 Å². The fraction of sp³-hybridized carbons (Fsp3) is 0.846. The van der Waals surface area contributed by atoms with Crippen LogP contribution in [-0.4, -0.2) is 25.6 Å². The molecular weight excluding hydrogens is 216 g/mol. The van der Waals surface area contributed by atoms with Gasteiger partial charge in [0.2, 0.25) is 0 Å². The molecule has 96 valence electrons. The zero-order valence-electron chi connectivity index (χ0n) is 11.7. The minimum absolute atomic E-state index is 0.110. The van der Waals surface area contributed by atoms with Crippen molar-refractivity contribution in [1.82, 2.24) is 0 Å². The predicted molar refractivity (Wildman–Crippen MR) is 73.2 cm³/mol. The van der Waals surface area contributed by atoms with Gasteiger partial charge >= 0.3 is 0 Å². The van der Waals surface area contributed by atoms with Crippen molar-refractivity contribution in [3.8, 4) is 0 Å². The van der Waals surface area contributed by atoms with Crippen LogP contribution >= 0.6 is 0 Å². The summed E-state index contributed by atoms with van der Waals surface area (Å²) in [6.45, 7) is 16.7. The van der Waals surface area contributed by atoms with E-state index in [1.54, 1.807) is 0 Å². The number of hydrogen-bond acceptors (Lipinski definition) is 2. The standard InChI is InChI=1S/C13H28O2Si/c1-8-9-12(10-11(2)14)15-16(6,7)13(3,4)5/h8,11-12,14H,1,9-10H2,2-7H3/t11-,12-/m0/s1. The van der Waals surface area contributed by atoms with Crippen molar-refractivity contribution in [1.29, 1.82) is 0 Å². The highest BCUT2D eigenvalue weighted by molar-refractivity contribution is 6.74. The molecule has 0 fully saturated rings. The summed E-state index contributed by atoms with van der Waals surface area (Å²) >= 11 is 0. The number of hydrogen-bond donors (Lipinski definition) is 1. The first kappa shape index (κ1) is 15.9. The summed E-state index contributed by atoms with van der Waals surface area (Å²) in [7, 11) is -1.73. The molecule has 0 radical (unpaired) electrons. The molecule has 0 saturated heterocycles. The van der Waals surface area contributed by atoms with Gasteiger partial charge in [-0.25, -0.2) is 0 Å². The largest absolute Gasteiger partial charge is 0.414 e. The van der Waals surface area contributed by atoms with Gasteiger partial charge in [0.25, 0.3) is 0 Å². The van der Waals surface area contributed by atoms with Crippen LogP contribution in [0.1, 0.15) is 40.5 Å². The highest BCUT2D eigenvalue weighted by Crippen LogP contribution is 2.38. The van der Waals surface area contributed by atoms with E-state index in [-0.39, 0.29) is 17.2 Å². The molecule has 0 bridgehead atoms. The quantitative estimate of drug-likeness (QED) is 0.570. The van der Waals surface area contributed by atoms with Crippen molar-refractivity contribution in [2.24, 2.45) is 0 Å². The van der Waals surface area contributed by atoms with Crippen LogP contribution in [0.3, 0.4) is 0 Å². The van der Waals surface area contributed by atoms with E-state index >= 15 is 0 Å². The Labute approximate surface area is 102 Å². The maximum absolute atomic E-state index is 9.45. The molecule has 2 atom stereocenters. The van der Waals surface area contributed by atoms with E-state index in [0.29, 0.717) is 6.42 Å². The summed E-state index contributed by atoms with van der Waals surface area (Å²) in [5.74, 6) is 0. The average Bonchev–Trinajstić information content (AvgIpc) is 1.99. The first-order chi connectivity index (χ1) is 7.10. The van der Waals surface area contributed by atoms with Crippen LogP contribution in [-0.2, 0) is 4.43 Å². The molecule has 0 saturated carbocycles. The van der Waals surface area contributed by atoms with Crippen molar-refractivity contribution in [3.63, 3.8) is 0 Å². The Bertz CT molecular complexity index is 216. The zero-order chi connectivity index (χ0) is 13.0. The SMILES string of the molecule is C=CC[C@@H](C[C@H](C)O)O[Si](C)(C)C(C)(C)C. The van der Waals surface area contributed by atoms with Crippen LogP contribution in [0.5, 0.6) is 0 Å². The van der Waals surface area contributed by atoms with E-state index in [9.17, 15) is 5.11 Å². The normalized spacial score (nSPS) is 16.9. The number of aliphatic hydroxyl groups excluding tert-OH is 1. The molecule has 0 aromatic rings. The fourth-order valence-corrected chi connectivity index (χ4v) is 2.73. The molecule has 0 aromatic carbocycles. The van der Waals surface area contributed by atoms with Crippen LogP contribution in [0.4, 0.5) is 0 Å². The van der Waals surface area contributed by atoms with E-state index in [1.165, 1.54) is 0 Å². The number of aliphatic hydroxyl groups is 1. The van der Waals surface area contributed by atoms with Gasteiger partial charge in [-0.05, 0) is 37.9 Å². The van der Waals surface area contributed by atoms with Crippen molar-refractivity contribution in [2.45, 2.75) is 70.9 Å². The second kappa shape index (κ2) is 5.99. The fourth-order valence-electron chi connectivity index (χ4n) is 1.35. The second-order valence-corrected chi connectivity index (χ2v) is 10.9. The third-order valence-electron chi connectivity index (χ3n) is 3.30. The lowest BCUT2D eigenvalue weighted by Gasteiger charge is -2.39. The third kappa shape index (κ3) is 5.28. The van der Waals surface area contributed by atoms with Crippen molar-refractivity contribution in [3.05, 3.63) is 12.7 Å². The Morgan fingerprint density at radius 3 is 2.19 bits per heavy atom. The van der Waals surface area contributed by atoms with E-state index in [0.717, 1.165) is 6.42 Å². The van der Waals surface area contributed by atoms with Crippen molar-refractivity contribution >= 4 is 8.32 Å². The van der Waals surface area contributed by atoms with Gasteiger partial charge in [-0.1, -0.05) is 26.8 Å². The molecule has 0 amide bonds. The van der Waals surface area contributed by atoms with Gasteiger partial charge in [0.15, 0.2) is 8.32 Å². The Morgan fingerprint density at radius 2 is 1.88 bits per heavy atom. The van der Waals surface area contributed by atoms with Crippen LogP contribution < -0.4 is 0 Å². The average molecular weight is 244 g/mol. The summed E-state index contributed by atoms with van der Waals surface area (Å²) in [6.07, 6.45) is 3.18. The van der Waals surface area contributed by atoms with Crippen LogP contribution in [0.2, 0.25) is 18.1 Å². The van der Waals surface area contributed by atoms with E-state index in [1.807, 2.05) is 13.0 Å².